The van der Waals surface area contributed by atoms with Crippen molar-refractivity contribution in [3.05, 3.63) is 78.6 Å². The number of nitro groups is 1. The van der Waals surface area contributed by atoms with Crippen LogP contribution in [0.25, 0.3) is 11.0 Å². The fraction of sp³-hybridized carbons (Fsp3) is 0.118. The molecular weight excluding hydrogens is 384 g/mol. The number of nitrogens with one attached hydrogen (secondary N) is 2. The van der Waals surface area contributed by atoms with Crippen LogP contribution < -0.4 is 22.1 Å². The Morgan fingerprint density at radius 2 is 1.69 bits per heavy atom. The number of amides is 2. The lowest BCUT2D eigenvalue weighted by atomic mass is 10.2. The predicted octanol–water partition coefficient (Wildman–Crippen LogP) is -0.385. The van der Waals surface area contributed by atoms with Crippen LogP contribution in [0.15, 0.2) is 46.1 Å². The van der Waals surface area contributed by atoms with Gasteiger partial charge >= 0.3 is 5.69 Å². The number of non-ortho nitro benzene ring substituents is 1. The molecule has 2 amide bonds. The molecule has 12 heteroatoms. The van der Waals surface area contributed by atoms with E-state index in [1.165, 1.54) is 42.9 Å². The van der Waals surface area contributed by atoms with E-state index in [0.29, 0.717) is 0 Å². The largest absolute Gasteiger partial charge is 0.332 e. The number of aromatic nitrogens is 3. The summed E-state index contributed by atoms with van der Waals surface area (Å²) in [5.74, 6) is -1.54. The molecule has 29 heavy (non-hydrogen) atoms. The van der Waals surface area contributed by atoms with Crippen LogP contribution >= 0.6 is 0 Å². The van der Waals surface area contributed by atoms with Crippen molar-refractivity contribution in [1.29, 1.82) is 0 Å². The second-order valence-corrected chi connectivity index (χ2v) is 6.02. The molecule has 2 heterocycles. The average molecular weight is 398 g/mol. The van der Waals surface area contributed by atoms with E-state index in [1.807, 2.05) is 0 Å². The lowest BCUT2D eigenvalue weighted by Crippen LogP contribution is -2.42. The van der Waals surface area contributed by atoms with Gasteiger partial charge in [-0.05, 0) is 12.1 Å². The molecule has 2 N–H and O–H groups in total. The molecule has 12 nitrogen and oxygen atoms in total. The van der Waals surface area contributed by atoms with Crippen LogP contribution in [0.2, 0.25) is 0 Å². The number of carbonyl (C=O) groups is 2. The maximum Gasteiger partial charge on any atom is 0.332 e. The third-order valence-corrected chi connectivity index (χ3v) is 4.16. The summed E-state index contributed by atoms with van der Waals surface area (Å²) >= 11 is 0. The maximum atomic E-state index is 12.3. The Morgan fingerprint density at radius 1 is 1.03 bits per heavy atom. The van der Waals surface area contributed by atoms with Gasteiger partial charge < -0.3 is 0 Å². The van der Waals surface area contributed by atoms with Crippen molar-refractivity contribution in [1.82, 2.24) is 25.0 Å². The van der Waals surface area contributed by atoms with Crippen LogP contribution in [0.4, 0.5) is 5.69 Å². The van der Waals surface area contributed by atoms with Gasteiger partial charge in [-0.1, -0.05) is 6.07 Å². The number of aryl methyl sites for hydroxylation is 1. The average Bonchev–Trinajstić information content (AvgIpc) is 2.73. The molecule has 0 fully saturated rings. The first-order chi connectivity index (χ1) is 13.7. The number of pyridine rings is 1. The monoisotopic (exact) mass is 398 g/mol. The van der Waals surface area contributed by atoms with Gasteiger partial charge in [0.05, 0.1) is 15.9 Å². The highest BCUT2D eigenvalue weighted by Crippen LogP contribution is 2.13. The molecule has 0 aliphatic heterocycles. The van der Waals surface area contributed by atoms with Gasteiger partial charge in [0.1, 0.15) is 5.65 Å². The molecule has 0 saturated carbocycles. The minimum absolute atomic E-state index is 0.0278. The fourth-order valence-corrected chi connectivity index (χ4v) is 2.61. The molecule has 2 aromatic heterocycles. The number of hydrogen-bond donors (Lipinski definition) is 2. The van der Waals surface area contributed by atoms with Crippen molar-refractivity contribution in [2.75, 3.05) is 0 Å². The SMILES string of the molecule is Cn1c(=O)c2cc(C(=O)NNC(=O)c3cccc([N+](=O)[O-])c3)cnc2n(C)c1=O. The number of rotatable bonds is 3. The number of benzene rings is 1. The molecule has 0 spiro atoms. The molecule has 3 aromatic rings. The number of carbonyl (C=O) groups excluding carboxylic acids is 2. The van der Waals surface area contributed by atoms with E-state index in [-0.39, 0.29) is 27.8 Å². The van der Waals surface area contributed by atoms with Gasteiger partial charge in [-0.2, -0.15) is 0 Å². The number of hydrazine groups is 1. The fourth-order valence-electron chi connectivity index (χ4n) is 2.61. The first-order valence-corrected chi connectivity index (χ1v) is 8.11. The van der Waals surface area contributed by atoms with Crippen LogP contribution in [0, 0.1) is 10.1 Å². The van der Waals surface area contributed by atoms with Crippen molar-refractivity contribution < 1.29 is 14.5 Å². The minimum atomic E-state index is -0.769. The molecule has 0 atom stereocenters. The van der Waals surface area contributed by atoms with Gasteiger partial charge in [-0.3, -0.25) is 44.5 Å². The zero-order valence-corrected chi connectivity index (χ0v) is 15.2. The molecule has 0 aliphatic carbocycles. The van der Waals surface area contributed by atoms with Crippen molar-refractivity contribution in [3.63, 3.8) is 0 Å². The standard InChI is InChI=1S/C17H14N6O6/c1-21-13-12(16(26)22(2)17(21)27)7-10(8-18-13)15(25)20-19-14(24)9-4-3-5-11(6-9)23(28)29/h3-8H,1-2H3,(H,19,24)(H,20,25). The van der Waals surface area contributed by atoms with Crippen molar-refractivity contribution >= 4 is 28.5 Å². The van der Waals surface area contributed by atoms with Crippen LogP contribution in [-0.4, -0.2) is 30.9 Å². The Hall–Kier alpha value is -4.35. The van der Waals surface area contributed by atoms with E-state index in [4.69, 9.17) is 0 Å². The summed E-state index contributed by atoms with van der Waals surface area (Å²) in [4.78, 5) is 62.7. The van der Waals surface area contributed by atoms with Gasteiger partial charge in [-0.15, -0.1) is 0 Å². The van der Waals surface area contributed by atoms with Gasteiger partial charge in [0.25, 0.3) is 23.1 Å². The Bertz CT molecular complexity index is 1290. The zero-order valence-electron chi connectivity index (χ0n) is 15.2. The molecule has 148 valence electrons. The predicted molar refractivity (Wildman–Crippen MR) is 100 cm³/mol. The molecule has 3 rings (SSSR count). The molecule has 0 bridgehead atoms. The molecule has 0 radical (unpaired) electrons. The molecule has 0 saturated heterocycles. The third-order valence-electron chi connectivity index (χ3n) is 4.16. The third kappa shape index (κ3) is 3.58. The number of hydrogen-bond acceptors (Lipinski definition) is 7. The van der Waals surface area contributed by atoms with Crippen LogP contribution in [-0.2, 0) is 14.1 Å². The van der Waals surface area contributed by atoms with Crippen molar-refractivity contribution in [3.8, 4) is 0 Å². The van der Waals surface area contributed by atoms with Crippen LogP contribution in [0.3, 0.4) is 0 Å². The van der Waals surface area contributed by atoms with Crippen molar-refractivity contribution in [2.45, 2.75) is 0 Å². The first-order valence-electron chi connectivity index (χ1n) is 8.11. The first kappa shape index (κ1) is 19.4. The number of nitro benzene ring substituents is 1. The van der Waals surface area contributed by atoms with E-state index >= 15 is 0 Å². The summed E-state index contributed by atoms with van der Waals surface area (Å²) in [6.45, 7) is 0. The highest BCUT2D eigenvalue weighted by atomic mass is 16.6. The van der Waals surface area contributed by atoms with Gasteiger partial charge in [0, 0.05) is 38.0 Å². The second kappa shape index (κ2) is 7.34. The van der Waals surface area contributed by atoms with E-state index in [0.717, 1.165) is 16.8 Å². The zero-order chi connectivity index (χ0) is 21.3. The van der Waals surface area contributed by atoms with E-state index in [2.05, 4.69) is 15.8 Å². The molecule has 1 aromatic carbocycles. The second-order valence-electron chi connectivity index (χ2n) is 6.02. The Labute approximate surface area is 161 Å². The quantitative estimate of drug-likeness (QED) is 0.449. The molecular formula is C17H14N6O6. The smallest absolute Gasteiger partial charge is 0.280 e. The van der Waals surface area contributed by atoms with Crippen LogP contribution in [0.1, 0.15) is 20.7 Å². The summed E-state index contributed by atoms with van der Waals surface area (Å²) in [5, 5.41) is 10.8. The summed E-state index contributed by atoms with van der Waals surface area (Å²) in [6, 6.07) is 6.21. The summed E-state index contributed by atoms with van der Waals surface area (Å²) < 4.78 is 2.05. The highest BCUT2D eigenvalue weighted by molar-refractivity contribution is 6.00. The number of nitrogens with zero attached hydrogens (tertiary/aromatic N) is 4. The lowest BCUT2D eigenvalue weighted by molar-refractivity contribution is -0.384. The molecule has 0 unspecified atom stereocenters. The van der Waals surface area contributed by atoms with E-state index in [1.54, 1.807) is 0 Å². The summed E-state index contributed by atoms with van der Waals surface area (Å²) in [7, 11) is 2.74. The Kier molecular flexibility index (Phi) is 4.92. The van der Waals surface area contributed by atoms with Gasteiger partial charge in [0.2, 0.25) is 0 Å². The number of fused-ring (bicyclic) bond motifs is 1. The maximum absolute atomic E-state index is 12.3. The van der Waals surface area contributed by atoms with Gasteiger partial charge in [0.15, 0.2) is 0 Å². The van der Waals surface area contributed by atoms with Crippen LogP contribution in [0.5, 0.6) is 0 Å². The topological polar surface area (TPSA) is 158 Å². The normalized spacial score (nSPS) is 10.6. The van der Waals surface area contributed by atoms with Gasteiger partial charge in [-0.25, -0.2) is 9.78 Å². The Morgan fingerprint density at radius 3 is 2.34 bits per heavy atom. The van der Waals surface area contributed by atoms with E-state index < -0.39 is 28.0 Å². The summed E-state index contributed by atoms with van der Waals surface area (Å²) in [6.07, 6.45) is 1.15. The van der Waals surface area contributed by atoms with E-state index in [9.17, 15) is 29.3 Å². The highest BCUT2D eigenvalue weighted by Gasteiger charge is 2.15. The lowest BCUT2D eigenvalue weighted by Gasteiger charge is -2.09. The summed E-state index contributed by atoms with van der Waals surface area (Å²) in [5.41, 5.74) is 2.87. The molecule has 0 aliphatic rings. The van der Waals surface area contributed by atoms with Crippen molar-refractivity contribution in [2.24, 2.45) is 14.1 Å². The Balaban J connectivity index is 1.82. The minimum Gasteiger partial charge on any atom is -0.280 e.